The van der Waals surface area contributed by atoms with Gasteiger partial charge in [0.25, 0.3) is 0 Å². The summed E-state index contributed by atoms with van der Waals surface area (Å²) in [6.45, 7) is 1.76. The van der Waals surface area contributed by atoms with Gasteiger partial charge in [0.1, 0.15) is 11.6 Å². The van der Waals surface area contributed by atoms with Crippen molar-refractivity contribution in [3.05, 3.63) is 58.1 Å². The van der Waals surface area contributed by atoms with Crippen LogP contribution in [-0.4, -0.2) is 22.4 Å². The fraction of sp³-hybridized carbons (Fsp3) is 0.176. The van der Waals surface area contributed by atoms with Crippen LogP contribution in [0.1, 0.15) is 24.2 Å². The Bertz CT molecular complexity index is 951. The number of amides is 1. The predicted octanol–water partition coefficient (Wildman–Crippen LogP) is 4.09. The Morgan fingerprint density at radius 1 is 1.52 bits per heavy atom. The Hall–Kier alpha value is -2.38. The highest BCUT2D eigenvalue weighted by Crippen LogP contribution is 2.26. The first-order valence-corrected chi connectivity index (χ1v) is 8.68. The summed E-state index contributed by atoms with van der Waals surface area (Å²) in [4.78, 5) is 17.1. The van der Waals surface area contributed by atoms with Gasteiger partial charge in [0.15, 0.2) is 10.1 Å². The monoisotopic (exact) mass is 379 g/mol. The summed E-state index contributed by atoms with van der Waals surface area (Å²) in [5.41, 5.74) is 1.19. The zero-order chi connectivity index (χ0) is 18.0. The topological polar surface area (TPSA) is 55.6 Å². The predicted molar refractivity (Wildman–Crippen MR) is 96.6 cm³/mol. The minimum Gasteiger partial charge on any atom is -0.496 e. The molecular weight excluding hydrogens is 365 g/mol. The van der Waals surface area contributed by atoms with Gasteiger partial charge in [-0.2, -0.15) is 0 Å². The number of carbonyl (C=O) groups is 1. The van der Waals surface area contributed by atoms with E-state index in [1.54, 1.807) is 17.4 Å². The number of halogens is 2. The van der Waals surface area contributed by atoms with Crippen LogP contribution < -0.4 is 10.1 Å². The molecule has 0 radical (unpaired) electrons. The number of carbonyl (C=O) groups excluding carboxylic acids is 1. The zero-order valence-corrected chi connectivity index (χ0v) is 15.1. The molecule has 3 rings (SSSR count). The largest absolute Gasteiger partial charge is 0.496 e. The Morgan fingerprint density at radius 2 is 2.32 bits per heavy atom. The number of thiazole rings is 1. The number of ether oxygens (including phenoxy) is 1. The summed E-state index contributed by atoms with van der Waals surface area (Å²) in [5.74, 6) is -0.213. The average Bonchev–Trinajstić information content (AvgIpc) is 3.13. The Balaban J connectivity index is 1.75. The van der Waals surface area contributed by atoms with Gasteiger partial charge < -0.3 is 10.1 Å². The summed E-state index contributed by atoms with van der Waals surface area (Å²) in [5, 5.41) is 4.99. The molecule has 1 amide bonds. The van der Waals surface area contributed by atoms with Crippen molar-refractivity contribution in [2.75, 3.05) is 7.11 Å². The molecule has 0 saturated heterocycles. The lowest BCUT2D eigenvalue weighted by Crippen LogP contribution is -2.25. The Kier molecular flexibility index (Phi) is 5.06. The van der Waals surface area contributed by atoms with Crippen molar-refractivity contribution in [1.82, 2.24) is 14.7 Å². The summed E-state index contributed by atoms with van der Waals surface area (Å²) in [7, 11) is 1.50. The zero-order valence-electron chi connectivity index (χ0n) is 13.5. The van der Waals surface area contributed by atoms with Crippen LogP contribution in [0.2, 0.25) is 5.15 Å². The first-order valence-electron chi connectivity index (χ1n) is 7.42. The number of hydrogen-bond donors (Lipinski definition) is 1. The number of nitrogens with zero attached hydrogens (tertiary/aromatic N) is 2. The maximum Gasteiger partial charge on any atom is 0.244 e. The summed E-state index contributed by atoms with van der Waals surface area (Å²) in [6.07, 6.45) is 4.80. The number of benzene rings is 1. The molecule has 0 bridgehead atoms. The lowest BCUT2D eigenvalue weighted by atomic mass is 10.1. The molecule has 0 aliphatic rings. The first-order chi connectivity index (χ1) is 12.0. The van der Waals surface area contributed by atoms with Crippen LogP contribution in [0, 0.1) is 5.82 Å². The van der Waals surface area contributed by atoms with E-state index < -0.39 is 11.9 Å². The summed E-state index contributed by atoms with van der Waals surface area (Å²) < 4.78 is 20.5. The van der Waals surface area contributed by atoms with Crippen molar-refractivity contribution in [3.8, 4) is 5.75 Å². The highest BCUT2D eigenvalue weighted by atomic mass is 35.5. The second kappa shape index (κ2) is 7.25. The Labute approximate surface area is 152 Å². The van der Waals surface area contributed by atoms with E-state index in [2.05, 4.69) is 10.3 Å². The number of imidazole rings is 1. The molecule has 8 heteroatoms. The van der Waals surface area contributed by atoms with E-state index in [0.717, 1.165) is 4.96 Å². The molecule has 1 aromatic carbocycles. The maximum atomic E-state index is 13.5. The lowest BCUT2D eigenvalue weighted by Gasteiger charge is -2.16. The van der Waals surface area contributed by atoms with Gasteiger partial charge in [0.2, 0.25) is 5.91 Å². The SMILES string of the molecule is COc1ccc(F)cc1C(C)NC(=O)/C=C/c1c(Cl)nc2sccn12. The molecule has 5 nitrogen and oxygen atoms in total. The number of nitrogens with one attached hydrogen (secondary N) is 1. The molecule has 25 heavy (non-hydrogen) atoms. The lowest BCUT2D eigenvalue weighted by molar-refractivity contribution is -0.117. The van der Waals surface area contributed by atoms with E-state index in [0.29, 0.717) is 22.2 Å². The summed E-state index contributed by atoms with van der Waals surface area (Å²) in [6, 6.07) is 3.76. The molecular formula is C17H15ClFN3O2S. The molecule has 130 valence electrons. The van der Waals surface area contributed by atoms with Gasteiger partial charge in [-0.15, -0.1) is 11.3 Å². The molecule has 2 aromatic heterocycles. The van der Waals surface area contributed by atoms with Gasteiger partial charge in [-0.3, -0.25) is 9.20 Å². The quantitative estimate of drug-likeness (QED) is 0.679. The standard InChI is InChI=1S/C17H15ClFN3O2S/c1-10(12-9-11(19)3-5-14(12)24-2)20-15(23)6-4-13-16(18)21-17-22(13)7-8-25-17/h3-10H,1-2H3,(H,20,23)/b6-4+. The normalized spacial score (nSPS) is 12.6. The average molecular weight is 380 g/mol. The third kappa shape index (κ3) is 3.67. The van der Waals surface area contributed by atoms with E-state index in [-0.39, 0.29) is 5.91 Å². The van der Waals surface area contributed by atoms with E-state index in [9.17, 15) is 9.18 Å². The fourth-order valence-electron chi connectivity index (χ4n) is 2.46. The molecule has 0 aliphatic heterocycles. The van der Waals surface area contributed by atoms with Crippen molar-refractivity contribution in [2.24, 2.45) is 0 Å². The highest BCUT2D eigenvalue weighted by molar-refractivity contribution is 7.15. The molecule has 2 heterocycles. The van der Waals surface area contributed by atoms with Crippen LogP contribution in [0.15, 0.2) is 35.9 Å². The Morgan fingerprint density at radius 3 is 3.08 bits per heavy atom. The van der Waals surface area contributed by atoms with Crippen LogP contribution >= 0.6 is 22.9 Å². The fourth-order valence-corrected chi connectivity index (χ4v) is 3.47. The minimum atomic E-state index is -0.426. The van der Waals surface area contributed by atoms with E-state index >= 15 is 0 Å². The molecule has 0 saturated carbocycles. The smallest absolute Gasteiger partial charge is 0.244 e. The van der Waals surface area contributed by atoms with E-state index in [1.807, 2.05) is 11.6 Å². The molecule has 0 fully saturated rings. The van der Waals surface area contributed by atoms with E-state index in [1.165, 1.54) is 42.7 Å². The van der Waals surface area contributed by atoms with Crippen molar-refractivity contribution in [1.29, 1.82) is 0 Å². The number of rotatable bonds is 5. The van der Waals surface area contributed by atoms with Crippen molar-refractivity contribution in [2.45, 2.75) is 13.0 Å². The van der Waals surface area contributed by atoms with Crippen LogP contribution in [0.3, 0.4) is 0 Å². The second-order valence-corrected chi connectivity index (χ2v) is 6.52. The van der Waals surface area contributed by atoms with Gasteiger partial charge in [0, 0.05) is 23.2 Å². The molecule has 3 aromatic rings. The van der Waals surface area contributed by atoms with Crippen molar-refractivity contribution < 1.29 is 13.9 Å². The third-order valence-electron chi connectivity index (χ3n) is 3.66. The first kappa shape index (κ1) is 17.4. The second-order valence-electron chi connectivity index (χ2n) is 5.29. The van der Waals surface area contributed by atoms with Gasteiger partial charge in [-0.05, 0) is 31.2 Å². The molecule has 1 atom stereocenters. The minimum absolute atomic E-state index is 0.329. The number of fused-ring (bicyclic) bond motifs is 1. The van der Waals surface area contributed by atoms with Crippen LogP contribution in [0.5, 0.6) is 5.75 Å². The van der Waals surface area contributed by atoms with Crippen molar-refractivity contribution in [3.63, 3.8) is 0 Å². The highest BCUT2D eigenvalue weighted by Gasteiger charge is 2.14. The maximum absolute atomic E-state index is 13.5. The third-order valence-corrected chi connectivity index (χ3v) is 4.70. The van der Waals surface area contributed by atoms with Crippen LogP contribution in [0.25, 0.3) is 11.0 Å². The van der Waals surface area contributed by atoms with E-state index in [4.69, 9.17) is 16.3 Å². The number of hydrogen-bond acceptors (Lipinski definition) is 4. The molecule has 0 aliphatic carbocycles. The molecule has 1 unspecified atom stereocenters. The van der Waals surface area contributed by atoms with Crippen molar-refractivity contribution >= 4 is 39.9 Å². The van der Waals surface area contributed by atoms with Gasteiger partial charge >= 0.3 is 0 Å². The van der Waals surface area contributed by atoms with Gasteiger partial charge in [0.05, 0.1) is 18.8 Å². The number of methoxy groups -OCH3 is 1. The molecule has 0 spiro atoms. The van der Waals surface area contributed by atoms with Gasteiger partial charge in [-0.25, -0.2) is 9.37 Å². The number of aromatic nitrogens is 2. The summed E-state index contributed by atoms with van der Waals surface area (Å²) >= 11 is 7.54. The van der Waals surface area contributed by atoms with Gasteiger partial charge in [-0.1, -0.05) is 11.6 Å². The van der Waals surface area contributed by atoms with Crippen LogP contribution in [0.4, 0.5) is 4.39 Å². The van der Waals surface area contributed by atoms with Crippen LogP contribution in [-0.2, 0) is 4.79 Å². The molecule has 1 N–H and O–H groups in total.